The van der Waals surface area contributed by atoms with E-state index < -0.39 is 0 Å². The average molecular weight is 326 g/mol. The predicted octanol–water partition coefficient (Wildman–Crippen LogP) is 3.66. The molecule has 1 aliphatic heterocycles. The second kappa shape index (κ2) is 5.59. The maximum Gasteiger partial charge on any atom is 0.241 e. The molecule has 0 spiro atoms. The Hall–Kier alpha value is -2.53. The third-order valence-electron chi connectivity index (χ3n) is 4.16. The number of fused-ring (bicyclic) bond motifs is 1. The summed E-state index contributed by atoms with van der Waals surface area (Å²) in [4.78, 5) is 4.31. The first-order chi connectivity index (χ1) is 11.2. The van der Waals surface area contributed by atoms with Crippen LogP contribution in [-0.2, 0) is 0 Å². The van der Waals surface area contributed by atoms with E-state index in [0.717, 1.165) is 11.4 Å². The molecule has 6 heteroatoms. The standard InChI is InChI=1S/C17H16ClN5/c18-13-8-6-11(7-9-13)14-10-15(12-4-2-1-3-5-12)23-17(20-14)21-16(19)22-23/h1-9,14-15H,10H2,(H3,19,20,21,22)/t14-,15-/m1/s1. The molecule has 0 radical (unpaired) electrons. The van der Waals surface area contributed by atoms with Crippen LogP contribution in [0.15, 0.2) is 54.6 Å². The van der Waals surface area contributed by atoms with Gasteiger partial charge in [-0.3, -0.25) is 0 Å². The molecule has 23 heavy (non-hydrogen) atoms. The second-order valence-corrected chi connectivity index (χ2v) is 6.09. The summed E-state index contributed by atoms with van der Waals surface area (Å²) >= 11 is 6.00. The van der Waals surface area contributed by atoms with Gasteiger partial charge in [-0.25, -0.2) is 4.68 Å². The van der Waals surface area contributed by atoms with Crippen molar-refractivity contribution >= 4 is 23.5 Å². The van der Waals surface area contributed by atoms with Crippen LogP contribution in [0.4, 0.5) is 11.9 Å². The third kappa shape index (κ3) is 2.64. The lowest BCUT2D eigenvalue weighted by Crippen LogP contribution is -2.28. The molecular weight excluding hydrogens is 310 g/mol. The fourth-order valence-electron chi connectivity index (χ4n) is 3.06. The fourth-order valence-corrected chi connectivity index (χ4v) is 3.19. The maximum absolute atomic E-state index is 6.00. The lowest BCUT2D eigenvalue weighted by molar-refractivity contribution is 0.431. The maximum atomic E-state index is 6.00. The van der Waals surface area contributed by atoms with Crippen LogP contribution in [0, 0.1) is 0 Å². The van der Waals surface area contributed by atoms with E-state index in [2.05, 4.69) is 27.5 Å². The summed E-state index contributed by atoms with van der Waals surface area (Å²) < 4.78 is 1.87. The van der Waals surface area contributed by atoms with E-state index in [1.165, 1.54) is 11.1 Å². The molecule has 2 heterocycles. The molecule has 5 nitrogen and oxygen atoms in total. The summed E-state index contributed by atoms with van der Waals surface area (Å²) in [6, 6.07) is 18.4. The Labute approximate surface area is 139 Å². The van der Waals surface area contributed by atoms with Gasteiger partial charge in [0.05, 0.1) is 12.1 Å². The minimum absolute atomic E-state index is 0.0953. The van der Waals surface area contributed by atoms with Gasteiger partial charge in [-0.15, -0.1) is 5.10 Å². The Morgan fingerprint density at radius 3 is 2.52 bits per heavy atom. The van der Waals surface area contributed by atoms with Crippen molar-refractivity contribution in [3.63, 3.8) is 0 Å². The number of nitrogen functional groups attached to an aromatic ring is 1. The number of hydrogen-bond donors (Lipinski definition) is 2. The highest BCUT2D eigenvalue weighted by Gasteiger charge is 2.30. The predicted molar refractivity (Wildman–Crippen MR) is 91.4 cm³/mol. The number of aromatic nitrogens is 3. The Morgan fingerprint density at radius 1 is 1.04 bits per heavy atom. The number of rotatable bonds is 2. The molecule has 0 bridgehead atoms. The molecule has 1 aromatic heterocycles. The molecule has 0 saturated heterocycles. The number of anilines is 2. The highest BCUT2D eigenvalue weighted by Crippen LogP contribution is 2.38. The molecule has 0 aliphatic carbocycles. The second-order valence-electron chi connectivity index (χ2n) is 5.65. The van der Waals surface area contributed by atoms with Gasteiger partial charge in [-0.2, -0.15) is 4.98 Å². The minimum Gasteiger partial charge on any atom is -0.366 e. The topological polar surface area (TPSA) is 68.8 Å². The third-order valence-corrected chi connectivity index (χ3v) is 4.41. The highest BCUT2D eigenvalue weighted by atomic mass is 35.5. The Kier molecular flexibility index (Phi) is 3.42. The van der Waals surface area contributed by atoms with Crippen molar-refractivity contribution in [3.8, 4) is 0 Å². The van der Waals surface area contributed by atoms with Crippen LogP contribution in [0.3, 0.4) is 0 Å². The van der Waals surface area contributed by atoms with Gasteiger partial charge in [0.25, 0.3) is 0 Å². The molecule has 2 atom stereocenters. The lowest BCUT2D eigenvalue weighted by Gasteiger charge is -2.31. The molecule has 0 saturated carbocycles. The van der Waals surface area contributed by atoms with E-state index in [1.807, 2.05) is 47.1 Å². The number of halogens is 1. The van der Waals surface area contributed by atoms with Crippen LogP contribution >= 0.6 is 11.6 Å². The van der Waals surface area contributed by atoms with E-state index in [0.29, 0.717) is 5.95 Å². The zero-order valence-electron chi connectivity index (χ0n) is 12.4. The van der Waals surface area contributed by atoms with E-state index >= 15 is 0 Å². The first-order valence-electron chi connectivity index (χ1n) is 7.49. The number of nitrogens with two attached hydrogens (primary N) is 1. The summed E-state index contributed by atoms with van der Waals surface area (Å²) in [5.74, 6) is 0.979. The lowest BCUT2D eigenvalue weighted by atomic mass is 9.93. The van der Waals surface area contributed by atoms with Gasteiger partial charge >= 0.3 is 0 Å². The average Bonchev–Trinajstić information content (AvgIpc) is 2.95. The summed E-state index contributed by atoms with van der Waals surface area (Å²) in [7, 11) is 0. The van der Waals surface area contributed by atoms with Crippen LogP contribution in [0.2, 0.25) is 5.02 Å². The van der Waals surface area contributed by atoms with E-state index in [4.69, 9.17) is 17.3 Å². The van der Waals surface area contributed by atoms with Crippen molar-refractivity contribution < 1.29 is 0 Å². The molecule has 4 rings (SSSR count). The van der Waals surface area contributed by atoms with Crippen molar-refractivity contribution in [2.75, 3.05) is 11.1 Å². The first kappa shape index (κ1) is 14.1. The van der Waals surface area contributed by atoms with E-state index in [-0.39, 0.29) is 18.0 Å². The molecule has 0 fully saturated rings. The summed E-state index contributed by atoms with van der Waals surface area (Å²) in [6.45, 7) is 0. The molecule has 2 aromatic carbocycles. The number of hydrogen-bond acceptors (Lipinski definition) is 4. The molecule has 0 unspecified atom stereocenters. The SMILES string of the molecule is Nc1nc2n(n1)[C@@H](c1ccccc1)C[C@H](c1ccc(Cl)cc1)N2. The monoisotopic (exact) mass is 325 g/mol. The zero-order chi connectivity index (χ0) is 15.8. The number of benzene rings is 2. The quantitative estimate of drug-likeness (QED) is 0.754. The van der Waals surface area contributed by atoms with Crippen LogP contribution < -0.4 is 11.1 Å². The van der Waals surface area contributed by atoms with Crippen LogP contribution in [0.5, 0.6) is 0 Å². The Bertz CT molecular complexity index is 813. The van der Waals surface area contributed by atoms with Gasteiger partial charge in [0.2, 0.25) is 11.9 Å². The van der Waals surface area contributed by atoms with E-state index in [9.17, 15) is 0 Å². The van der Waals surface area contributed by atoms with Crippen molar-refractivity contribution in [1.29, 1.82) is 0 Å². The summed E-state index contributed by atoms with van der Waals surface area (Å²) in [5, 5.41) is 8.50. The Balaban J connectivity index is 1.75. The van der Waals surface area contributed by atoms with Crippen LogP contribution in [0.1, 0.15) is 29.6 Å². The molecule has 3 N–H and O–H groups in total. The molecule has 3 aromatic rings. The summed E-state index contributed by atoms with van der Waals surface area (Å²) in [5.41, 5.74) is 8.17. The van der Waals surface area contributed by atoms with Crippen molar-refractivity contribution in [3.05, 3.63) is 70.7 Å². The van der Waals surface area contributed by atoms with Gasteiger partial charge in [-0.1, -0.05) is 54.1 Å². The van der Waals surface area contributed by atoms with Gasteiger partial charge in [0, 0.05) is 5.02 Å². The van der Waals surface area contributed by atoms with Crippen molar-refractivity contribution in [1.82, 2.24) is 14.8 Å². The number of nitrogens with one attached hydrogen (secondary N) is 1. The van der Waals surface area contributed by atoms with Gasteiger partial charge in [-0.05, 0) is 29.7 Å². The van der Waals surface area contributed by atoms with Crippen LogP contribution in [-0.4, -0.2) is 14.8 Å². The van der Waals surface area contributed by atoms with Crippen molar-refractivity contribution in [2.24, 2.45) is 0 Å². The fraction of sp³-hybridized carbons (Fsp3) is 0.176. The Morgan fingerprint density at radius 2 is 1.78 bits per heavy atom. The molecule has 116 valence electrons. The van der Waals surface area contributed by atoms with Crippen molar-refractivity contribution in [2.45, 2.75) is 18.5 Å². The smallest absolute Gasteiger partial charge is 0.241 e. The number of nitrogens with zero attached hydrogens (tertiary/aromatic N) is 3. The summed E-state index contributed by atoms with van der Waals surface area (Å²) in [6.07, 6.45) is 0.863. The van der Waals surface area contributed by atoms with E-state index in [1.54, 1.807) is 0 Å². The molecule has 0 amide bonds. The highest BCUT2D eigenvalue weighted by molar-refractivity contribution is 6.30. The normalized spacial score (nSPS) is 19.9. The largest absolute Gasteiger partial charge is 0.366 e. The van der Waals surface area contributed by atoms with Gasteiger partial charge < -0.3 is 11.1 Å². The molecule has 1 aliphatic rings. The zero-order valence-corrected chi connectivity index (χ0v) is 13.1. The van der Waals surface area contributed by atoms with Gasteiger partial charge in [0.1, 0.15) is 0 Å². The molecular formula is C17H16ClN5. The van der Waals surface area contributed by atoms with Gasteiger partial charge in [0.15, 0.2) is 0 Å². The minimum atomic E-state index is 0.0953. The van der Waals surface area contributed by atoms with Crippen LogP contribution in [0.25, 0.3) is 0 Å². The first-order valence-corrected chi connectivity index (χ1v) is 7.87.